The van der Waals surface area contributed by atoms with Crippen LogP contribution in [0.4, 0.5) is 0 Å². The topological polar surface area (TPSA) is 43.1 Å². The fraction of sp³-hybridized carbons (Fsp3) is 0.143. The lowest BCUT2D eigenvalue weighted by atomic mass is 10.00. The lowest BCUT2D eigenvalue weighted by Crippen LogP contribution is -2.13. The van der Waals surface area contributed by atoms with Gasteiger partial charge in [0.05, 0.1) is 10.8 Å². The van der Waals surface area contributed by atoms with E-state index in [2.05, 4.69) is 0 Å². The summed E-state index contributed by atoms with van der Waals surface area (Å²) in [6, 6.07) is 13.0. The van der Waals surface area contributed by atoms with Crippen molar-refractivity contribution in [2.45, 2.75) is 22.3 Å². The number of fused-ring (bicyclic) bond motifs is 2. The van der Waals surface area contributed by atoms with E-state index in [9.17, 15) is 4.21 Å². The van der Waals surface area contributed by atoms with Gasteiger partial charge in [-0.25, -0.2) is 4.21 Å². The highest BCUT2D eigenvalue weighted by molar-refractivity contribution is 7.85. The van der Waals surface area contributed by atoms with Crippen molar-refractivity contribution < 1.29 is 4.21 Å². The third-order valence-electron chi connectivity index (χ3n) is 3.18. The second-order valence-corrected chi connectivity index (χ2v) is 6.22. The first-order chi connectivity index (χ1) is 8.66. The average molecular weight is 278 g/mol. The third-order valence-corrected chi connectivity index (χ3v) is 4.98. The van der Waals surface area contributed by atoms with Crippen LogP contribution in [-0.4, -0.2) is 4.21 Å². The summed E-state index contributed by atoms with van der Waals surface area (Å²) in [5, 5.41) is 0.656. The molecule has 2 aromatic rings. The first-order valence-electron chi connectivity index (χ1n) is 5.71. The smallest absolute Gasteiger partial charge is 0.0855 e. The Labute approximate surface area is 113 Å². The van der Waals surface area contributed by atoms with Gasteiger partial charge in [0.1, 0.15) is 0 Å². The molecular weight excluding hydrogens is 266 g/mol. The van der Waals surface area contributed by atoms with Crippen molar-refractivity contribution in [1.29, 1.82) is 0 Å². The van der Waals surface area contributed by atoms with E-state index in [0.29, 0.717) is 11.4 Å². The van der Waals surface area contributed by atoms with E-state index in [4.69, 9.17) is 17.3 Å². The third kappa shape index (κ3) is 1.88. The van der Waals surface area contributed by atoms with Crippen molar-refractivity contribution >= 4 is 22.4 Å². The standard InChI is InChI=1S/C14H12ClNOS/c15-10-5-6-13-9(7-10)8-12(16)11-3-1-2-4-14(11)18(13)17/h1-7,12H,8,16H2/t12-,18-/m0/s1. The summed E-state index contributed by atoms with van der Waals surface area (Å²) < 4.78 is 12.6. The fourth-order valence-electron chi connectivity index (χ4n) is 2.31. The van der Waals surface area contributed by atoms with E-state index in [1.807, 2.05) is 36.4 Å². The Kier molecular flexibility index (Phi) is 2.98. The molecule has 2 N–H and O–H groups in total. The zero-order chi connectivity index (χ0) is 12.7. The molecule has 2 aromatic carbocycles. The lowest BCUT2D eigenvalue weighted by molar-refractivity contribution is 0.682. The monoisotopic (exact) mass is 277 g/mol. The van der Waals surface area contributed by atoms with Gasteiger partial charge in [-0.3, -0.25) is 0 Å². The van der Waals surface area contributed by atoms with Crippen molar-refractivity contribution in [3.63, 3.8) is 0 Å². The quantitative estimate of drug-likeness (QED) is 0.804. The van der Waals surface area contributed by atoms with Crippen LogP contribution in [0.3, 0.4) is 0 Å². The van der Waals surface area contributed by atoms with Crippen LogP contribution in [0, 0.1) is 0 Å². The molecule has 2 nitrogen and oxygen atoms in total. The molecule has 3 rings (SSSR count). The molecule has 92 valence electrons. The van der Waals surface area contributed by atoms with Gasteiger partial charge in [-0.05, 0) is 41.8 Å². The summed E-state index contributed by atoms with van der Waals surface area (Å²) in [5.74, 6) is 0. The maximum absolute atomic E-state index is 12.6. The first-order valence-corrected chi connectivity index (χ1v) is 7.24. The molecular formula is C14H12ClNOS. The minimum absolute atomic E-state index is 0.134. The van der Waals surface area contributed by atoms with Crippen LogP contribution in [0.2, 0.25) is 5.02 Å². The zero-order valence-corrected chi connectivity index (χ0v) is 11.2. The molecule has 1 heterocycles. The van der Waals surface area contributed by atoms with Crippen molar-refractivity contribution in [3.05, 3.63) is 58.6 Å². The minimum Gasteiger partial charge on any atom is -0.324 e. The van der Waals surface area contributed by atoms with Crippen molar-refractivity contribution in [3.8, 4) is 0 Å². The van der Waals surface area contributed by atoms with Crippen LogP contribution in [0.5, 0.6) is 0 Å². The van der Waals surface area contributed by atoms with E-state index in [1.54, 1.807) is 6.07 Å². The van der Waals surface area contributed by atoms with Gasteiger partial charge in [-0.1, -0.05) is 29.8 Å². The summed E-state index contributed by atoms with van der Waals surface area (Å²) in [6.45, 7) is 0. The maximum Gasteiger partial charge on any atom is 0.0855 e. The molecule has 0 aliphatic carbocycles. The van der Waals surface area contributed by atoms with Gasteiger partial charge in [-0.2, -0.15) is 0 Å². The largest absolute Gasteiger partial charge is 0.324 e. The Morgan fingerprint density at radius 3 is 2.78 bits per heavy atom. The van der Waals surface area contributed by atoms with Gasteiger partial charge in [0.2, 0.25) is 0 Å². The fourth-order valence-corrected chi connectivity index (χ4v) is 3.95. The maximum atomic E-state index is 12.6. The Hall–Kier alpha value is -1.16. The molecule has 0 radical (unpaired) electrons. The van der Waals surface area contributed by atoms with Crippen LogP contribution in [0.25, 0.3) is 0 Å². The van der Waals surface area contributed by atoms with Gasteiger partial charge < -0.3 is 5.73 Å². The molecule has 1 aliphatic rings. The number of halogens is 1. The molecule has 0 saturated carbocycles. The Balaban J connectivity index is 2.25. The Morgan fingerprint density at radius 2 is 1.94 bits per heavy atom. The van der Waals surface area contributed by atoms with Crippen LogP contribution in [0.1, 0.15) is 17.2 Å². The van der Waals surface area contributed by atoms with Crippen molar-refractivity contribution in [1.82, 2.24) is 0 Å². The zero-order valence-electron chi connectivity index (χ0n) is 9.60. The van der Waals surface area contributed by atoms with Gasteiger partial charge in [-0.15, -0.1) is 0 Å². The lowest BCUT2D eigenvalue weighted by Gasteiger charge is -2.11. The molecule has 0 amide bonds. The van der Waals surface area contributed by atoms with Crippen LogP contribution >= 0.6 is 11.6 Å². The highest BCUT2D eigenvalue weighted by Gasteiger charge is 2.24. The van der Waals surface area contributed by atoms with Gasteiger partial charge >= 0.3 is 0 Å². The number of nitrogens with two attached hydrogens (primary N) is 1. The summed E-state index contributed by atoms with van der Waals surface area (Å²) in [5.41, 5.74) is 8.13. The van der Waals surface area contributed by atoms with Gasteiger partial charge in [0.15, 0.2) is 0 Å². The number of hydrogen-bond acceptors (Lipinski definition) is 2. The predicted octanol–water partition coefficient (Wildman–Crippen LogP) is 3.06. The number of benzene rings is 2. The molecule has 4 heteroatoms. The SMILES string of the molecule is N[C@H]1Cc2cc(Cl)ccc2[S@](=O)c2ccccc21. The molecule has 2 atom stereocenters. The van der Waals surface area contributed by atoms with E-state index < -0.39 is 10.8 Å². The number of rotatable bonds is 0. The van der Waals surface area contributed by atoms with E-state index in [0.717, 1.165) is 20.9 Å². The molecule has 0 spiro atoms. The predicted molar refractivity (Wildman–Crippen MR) is 73.2 cm³/mol. The summed E-state index contributed by atoms with van der Waals surface area (Å²) >= 11 is 6.00. The van der Waals surface area contributed by atoms with E-state index >= 15 is 0 Å². The average Bonchev–Trinajstić information content (AvgIpc) is 2.47. The van der Waals surface area contributed by atoms with Gasteiger partial charge in [0, 0.05) is 20.9 Å². The summed E-state index contributed by atoms with van der Waals surface area (Å²) in [7, 11) is -1.18. The van der Waals surface area contributed by atoms with Crippen LogP contribution in [0.15, 0.2) is 52.3 Å². The van der Waals surface area contributed by atoms with Crippen molar-refractivity contribution in [2.24, 2.45) is 5.73 Å². The molecule has 0 unspecified atom stereocenters. The first kappa shape index (κ1) is 11.9. The highest BCUT2D eigenvalue weighted by atomic mass is 35.5. The minimum atomic E-state index is -1.18. The van der Waals surface area contributed by atoms with Crippen LogP contribution in [-0.2, 0) is 17.2 Å². The Morgan fingerprint density at radius 1 is 1.17 bits per heavy atom. The van der Waals surface area contributed by atoms with Crippen LogP contribution < -0.4 is 5.73 Å². The molecule has 18 heavy (non-hydrogen) atoms. The highest BCUT2D eigenvalue weighted by Crippen LogP contribution is 2.33. The second kappa shape index (κ2) is 4.50. The summed E-state index contributed by atoms with van der Waals surface area (Å²) in [6.07, 6.45) is 0.665. The van der Waals surface area contributed by atoms with E-state index in [1.165, 1.54) is 0 Å². The molecule has 0 aromatic heterocycles. The Bertz CT molecular complexity index is 641. The molecule has 1 aliphatic heterocycles. The number of hydrogen-bond donors (Lipinski definition) is 1. The van der Waals surface area contributed by atoms with Crippen molar-refractivity contribution in [2.75, 3.05) is 0 Å². The summed E-state index contributed by atoms with van der Waals surface area (Å²) in [4.78, 5) is 1.63. The molecule has 0 bridgehead atoms. The second-order valence-electron chi connectivity index (χ2n) is 4.37. The molecule has 0 fully saturated rings. The normalized spacial score (nSPS) is 21.9. The van der Waals surface area contributed by atoms with E-state index in [-0.39, 0.29) is 6.04 Å². The molecule has 0 saturated heterocycles. The van der Waals surface area contributed by atoms with Gasteiger partial charge in [0.25, 0.3) is 0 Å².